The molecule has 0 bridgehead atoms. The first-order valence-electron chi connectivity index (χ1n) is 11.5. The number of likely N-dealkylation sites (tertiary alicyclic amines) is 1. The number of carbonyl (C=O) groups is 5. The fourth-order valence-electron chi connectivity index (χ4n) is 4.33. The highest BCUT2D eigenvalue weighted by Gasteiger charge is 2.40. The molecule has 14 nitrogen and oxygen atoms in total. The van der Waals surface area contributed by atoms with Crippen LogP contribution in [-0.2, 0) is 16.0 Å². The molecule has 1 saturated heterocycles. The van der Waals surface area contributed by atoms with Gasteiger partial charge in [-0.1, -0.05) is 11.3 Å². The first-order valence-corrected chi connectivity index (χ1v) is 13.2. The van der Waals surface area contributed by atoms with Gasteiger partial charge in [0.2, 0.25) is 11.8 Å². The van der Waals surface area contributed by atoms with Crippen LogP contribution in [0.15, 0.2) is 22.9 Å². The summed E-state index contributed by atoms with van der Waals surface area (Å²) in [6.07, 6.45) is 0.424. The average molecular weight is 560 g/mol. The summed E-state index contributed by atoms with van der Waals surface area (Å²) in [4.78, 5) is 69.4. The zero-order valence-electron chi connectivity index (χ0n) is 20.2. The number of nitrogens with two attached hydrogens (primary N) is 3. The van der Waals surface area contributed by atoms with E-state index in [1.54, 1.807) is 12.3 Å². The highest BCUT2D eigenvalue weighted by atomic mass is 32.1. The second kappa shape index (κ2) is 11.1. The lowest BCUT2D eigenvalue weighted by Gasteiger charge is -2.38. The Bertz CT molecular complexity index is 1380. The third kappa shape index (κ3) is 5.55. The van der Waals surface area contributed by atoms with Crippen LogP contribution in [0.4, 0.5) is 0 Å². The largest absolute Gasteiger partial charge is 0.368 e. The molecule has 200 valence electrons. The summed E-state index contributed by atoms with van der Waals surface area (Å²) in [5.41, 5.74) is 15.8. The zero-order valence-corrected chi connectivity index (χ0v) is 21.8. The van der Waals surface area contributed by atoms with E-state index in [-0.39, 0.29) is 42.9 Å². The number of aromatic nitrogens is 4. The molecule has 16 heteroatoms. The molecular weight excluding hydrogens is 534 g/mol. The molecule has 0 aromatic carbocycles. The maximum Gasteiger partial charge on any atom is 0.274 e. The van der Waals surface area contributed by atoms with Crippen molar-refractivity contribution in [3.63, 3.8) is 0 Å². The van der Waals surface area contributed by atoms with Gasteiger partial charge in [-0.2, -0.15) is 0 Å². The number of rotatable bonds is 9. The molecule has 0 aliphatic carbocycles. The van der Waals surface area contributed by atoms with E-state index in [9.17, 15) is 24.0 Å². The van der Waals surface area contributed by atoms with Gasteiger partial charge in [0, 0.05) is 23.2 Å². The summed E-state index contributed by atoms with van der Waals surface area (Å²) < 4.78 is 1.16. The monoisotopic (exact) mass is 559 g/mol. The van der Waals surface area contributed by atoms with Gasteiger partial charge < -0.3 is 27.4 Å². The number of carbonyl (C=O) groups excluding carboxylic acids is 5. The number of hydrogen-bond donors (Lipinski definition) is 4. The van der Waals surface area contributed by atoms with Crippen molar-refractivity contribution in [2.24, 2.45) is 17.2 Å². The second-order valence-electron chi connectivity index (χ2n) is 8.65. The molecule has 1 aliphatic rings. The number of primary amides is 3. The molecular formula is C22H25N9O5S2. The number of thiophene rings is 1. The predicted octanol–water partition coefficient (Wildman–Crippen LogP) is -0.639. The molecule has 7 N–H and O–H groups in total. The maximum atomic E-state index is 13.6. The normalized spacial score (nSPS) is 18.1. The third-order valence-electron chi connectivity index (χ3n) is 6.13. The van der Waals surface area contributed by atoms with Gasteiger partial charge in [-0.25, -0.2) is 9.67 Å². The Kier molecular flexibility index (Phi) is 7.82. The first-order chi connectivity index (χ1) is 18.1. The van der Waals surface area contributed by atoms with Crippen LogP contribution < -0.4 is 22.5 Å². The quantitative estimate of drug-likeness (QED) is 0.263. The summed E-state index contributed by atoms with van der Waals surface area (Å²) in [5, 5.41) is 14.4. The van der Waals surface area contributed by atoms with Gasteiger partial charge in [-0.3, -0.25) is 24.0 Å². The molecule has 3 unspecified atom stereocenters. The van der Waals surface area contributed by atoms with Crippen LogP contribution in [0.2, 0.25) is 0 Å². The predicted molar refractivity (Wildman–Crippen MR) is 136 cm³/mol. The Hall–Kier alpha value is -4.18. The smallest absolute Gasteiger partial charge is 0.274 e. The minimum atomic E-state index is -1.09. The van der Waals surface area contributed by atoms with Gasteiger partial charge in [-0.15, -0.1) is 27.8 Å². The Balaban J connectivity index is 1.65. The lowest BCUT2D eigenvalue weighted by molar-refractivity contribution is -0.131. The van der Waals surface area contributed by atoms with Gasteiger partial charge in [0.25, 0.3) is 17.7 Å². The molecule has 0 radical (unpaired) electrons. The van der Waals surface area contributed by atoms with Crippen molar-refractivity contribution < 1.29 is 24.0 Å². The molecule has 38 heavy (non-hydrogen) atoms. The Morgan fingerprint density at radius 2 is 1.92 bits per heavy atom. The van der Waals surface area contributed by atoms with Gasteiger partial charge in [0.05, 0.1) is 11.0 Å². The van der Waals surface area contributed by atoms with Crippen molar-refractivity contribution >= 4 is 52.2 Å². The lowest BCUT2D eigenvalue weighted by Crippen LogP contribution is -2.57. The summed E-state index contributed by atoms with van der Waals surface area (Å²) in [5.74, 6) is -3.76. The number of aryl methyl sites for hydroxylation is 1. The molecule has 5 amide bonds. The lowest BCUT2D eigenvalue weighted by atomic mass is 9.95. The van der Waals surface area contributed by atoms with Crippen molar-refractivity contribution in [1.29, 1.82) is 0 Å². The van der Waals surface area contributed by atoms with E-state index in [1.165, 1.54) is 27.6 Å². The van der Waals surface area contributed by atoms with E-state index >= 15 is 0 Å². The molecule has 3 aromatic heterocycles. The van der Waals surface area contributed by atoms with Crippen LogP contribution in [0.25, 0.3) is 0 Å². The van der Waals surface area contributed by atoms with Gasteiger partial charge in [-0.05, 0) is 31.2 Å². The fraction of sp³-hybridized carbons (Fsp3) is 0.364. The van der Waals surface area contributed by atoms with E-state index in [0.717, 1.165) is 9.56 Å². The molecule has 0 spiro atoms. The summed E-state index contributed by atoms with van der Waals surface area (Å²) in [7, 11) is 0. The van der Waals surface area contributed by atoms with Crippen molar-refractivity contribution in [1.82, 2.24) is 30.2 Å². The first kappa shape index (κ1) is 26.9. The highest BCUT2D eigenvalue weighted by Crippen LogP contribution is 2.30. The summed E-state index contributed by atoms with van der Waals surface area (Å²) in [6.45, 7) is 1.83. The average Bonchev–Trinajstić information content (AvgIpc) is 3.63. The summed E-state index contributed by atoms with van der Waals surface area (Å²) in [6, 6.07) is 0.885. The number of amides is 5. The van der Waals surface area contributed by atoms with Crippen molar-refractivity contribution in [3.05, 3.63) is 49.9 Å². The van der Waals surface area contributed by atoms with Crippen molar-refractivity contribution in [3.8, 4) is 0 Å². The molecule has 1 aliphatic heterocycles. The van der Waals surface area contributed by atoms with Crippen LogP contribution in [0.1, 0.15) is 60.2 Å². The van der Waals surface area contributed by atoms with E-state index < -0.39 is 47.7 Å². The van der Waals surface area contributed by atoms with Crippen LogP contribution in [0, 0.1) is 6.92 Å². The number of hydrogen-bond acceptors (Lipinski definition) is 10. The Morgan fingerprint density at radius 1 is 1.16 bits per heavy atom. The fourth-order valence-corrected chi connectivity index (χ4v) is 5.67. The van der Waals surface area contributed by atoms with Crippen LogP contribution >= 0.6 is 22.7 Å². The second-order valence-corrected chi connectivity index (χ2v) is 10.7. The van der Waals surface area contributed by atoms with E-state index in [4.69, 9.17) is 17.2 Å². The molecule has 0 saturated carbocycles. The van der Waals surface area contributed by atoms with Crippen LogP contribution in [0.5, 0.6) is 0 Å². The van der Waals surface area contributed by atoms with Crippen LogP contribution in [0.3, 0.4) is 0 Å². The molecule has 3 aromatic rings. The zero-order chi connectivity index (χ0) is 27.6. The van der Waals surface area contributed by atoms with Gasteiger partial charge in [0.15, 0.2) is 11.4 Å². The topological polar surface area (TPSA) is 222 Å². The maximum absolute atomic E-state index is 13.6. The number of piperidine rings is 1. The Labute approximate surface area is 224 Å². The van der Waals surface area contributed by atoms with Crippen LogP contribution in [-0.4, -0.2) is 73.0 Å². The number of nitrogens with zero attached hydrogens (tertiary/aromatic N) is 5. The third-order valence-corrected chi connectivity index (χ3v) is 7.80. The Morgan fingerprint density at radius 3 is 2.50 bits per heavy atom. The minimum Gasteiger partial charge on any atom is -0.368 e. The number of thiazole rings is 1. The minimum absolute atomic E-state index is 0.0208. The molecule has 3 atom stereocenters. The standard InChI is InChI=1S/C22H25N9O5S2/c1-10-26-14(9-38-10)22(36)30-5-4-11(31-17(20(25)34)16(19(24)33)28-29-31)7-15(30)21(35)27-13(18(23)32)8-12-3-2-6-37-12/h2-3,6,9,11,13,15H,4-5,7-8H2,1H3,(H2,23,32)(H2,24,33)(H2,25,34)(H,27,35). The molecule has 4 heterocycles. The van der Waals surface area contributed by atoms with Gasteiger partial charge >= 0.3 is 0 Å². The van der Waals surface area contributed by atoms with E-state index in [2.05, 4.69) is 20.6 Å². The SMILES string of the molecule is Cc1nc(C(=O)N2CCC(n3nnc(C(N)=O)c3C(N)=O)CC2C(=O)NC(Cc2cccs2)C(N)=O)cs1. The number of nitrogens with one attached hydrogen (secondary N) is 1. The molecule has 1 fully saturated rings. The summed E-state index contributed by atoms with van der Waals surface area (Å²) >= 11 is 2.71. The van der Waals surface area contributed by atoms with Gasteiger partial charge in [0.1, 0.15) is 17.8 Å². The van der Waals surface area contributed by atoms with E-state index in [0.29, 0.717) is 5.01 Å². The highest BCUT2D eigenvalue weighted by molar-refractivity contribution is 7.10. The molecule has 4 rings (SSSR count). The van der Waals surface area contributed by atoms with Crippen molar-refractivity contribution in [2.75, 3.05) is 6.54 Å². The van der Waals surface area contributed by atoms with Crippen molar-refractivity contribution in [2.45, 2.75) is 44.3 Å². The van der Waals surface area contributed by atoms with E-state index in [1.807, 2.05) is 17.5 Å².